The maximum Gasteiger partial charge on any atom is 0.137 e. The van der Waals surface area contributed by atoms with E-state index in [4.69, 9.17) is 21.4 Å². The van der Waals surface area contributed by atoms with Crippen LogP contribution in [0.5, 0.6) is 5.75 Å². The van der Waals surface area contributed by atoms with Crippen LogP contribution < -0.4 is 4.74 Å². The fraction of sp³-hybridized carbons (Fsp3) is 0.400. The van der Waals surface area contributed by atoms with Gasteiger partial charge in [-0.1, -0.05) is 17.7 Å². The Bertz CT molecular complexity index is 304. The topological polar surface area (TPSA) is 32.7 Å². The van der Waals surface area contributed by atoms with E-state index in [2.05, 4.69) is 0 Å². The maximum atomic E-state index is 8.83. The molecule has 0 radical (unpaired) electrons. The highest BCUT2D eigenvalue weighted by atomic mass is 35.5. The van der Waals surface area contributed by atoms with Gasteiger partial charge in [-0.15, -0.1) is 0 Å². The van der Waals surface area contributed by atoms with E-state index >= 15 is 0 Å². The minimum atomic E-state index is 0.0314. The number of halogens is 1. The van der Waals surface area contributed by atoms with Gasteiger partial charge in [0.1, 0.15) is 5.75 Å². The second kappa shape index (κ2) is 5.20. The first kappa shape index (κ1) is 11.3. The molecule has 0 aliphatic rings. The van der Waals surface area contributed by atoms with Crippen molar-refractivity contribution in [3.63, 3.8) is 0 Å². The van der Waals surface area contributed by atoms with Crippen molar-refractivity contribution in [2.45, 2.75) is 6.54 Å². The molecule has 1 aromatic carbocycles. The number of rotatable bonds is 4. The molecule has 1 aromatic rings. The van der Waals surface area contributed by atoms with Crippen molar-refractivity contribution >= 4 is 11.6 Å². The highest BCUT2D eigenvalue weighted by molar-refractivity contribution is 6.32. The first-order chi connectivity index (χ1) is 6.67. The maximum absolute atomic E-state index is 8.83. The van der Waals surface area contributed by atoms with Gasteiger partial charge in [0.15, 0.2) is 0 Å². The number of ether oxygens (including phenoxy) is 1. The lowest BCUT2D eigenvalue weighted by Gasteiger charge is -2.13. The third-order valence-corrected chi connectivity index (χ3v) is 2.21. The molecule has 3 nitrogen and oxygen atoms in total. The zero-order valence-corrected chi connectivity index (χ0v) is 9.08. The van der Waals surface area contributed by atoms with Crippen molar-refractivity contribution < 1.29 is 9.84 Å². The SMILES string of the molecule is COc1ccc(CN(C)CO)cc1Cl. The molecule has 4 heteroatoms. The van der Waals surface area contributed by atoms with Crippen molar-refractivity contribution in [3.8, 4) is 5.75 Å². The van der Waals surface area contributed by atoms with Crippen molar-refractivity contribution in [3.05, 3.63) is 28.8 Å². The van der Waals surface area contributed by atoms with Crippen LogP contribution in [0, 0.1) is 0 Å². The fourth-order valence-electron chi connectivity index (χ4n) is 1.17. The van der Waals surface area contributed by atoms with Gasteiger partial charge in [0.2, 0.25) is 0 Å². The van der Waals surface area contributed by atoms with Crippen molar-refractivity contribution in [2.75, 3.05) is 20.9 Å². The minimum Gasteiger partial charge on any atom is -0.495 e. The minimum absolute atomic E-state index is 0.0314. The van der Waals surface area contributed by atoms with E-state index < -0.39 is 0 Å². The summed E-state index contributed by atoms with van der Waals surface area (Å²) in [5.41, 5.74) is 1.05. The van der Waals surface area contributed by atoms with Gasteiger partial charge in [-0.3, -0.25) is 4.90 Å². The smallest absolute Gasteiger partial charge is 0.137 e. The van der Waals surface area contributed by atoms with Crippen LogP contribution in [0.4, 0.5) is 0 Å². The van der Waals surface area contributed by atoms with Crippen LogP contribution in [0.25, 0.3) is 0 Å². The molecule has 14 heavy (non-hydrogen) atoms. The van der Waals surface area contributed by atoms with Gasteiger partial charge >= 0.3 is 0 Å². The van der Waals surface area contributed by atoms with E-state index in [1.807, 2.05) is 25.2 Å². The molecule has 1 rings (SSSR count). The van der Waals surface area contributed by atoms with Gasteiger partial charge in [0.25, 0.3) is 0 Å². The molecule has 0 unspecified atom stereocenters. The van der Waals surface area contributed by atoms with Gasteiger partial charge in [-0.2, -0.15) is 0 Å². The molecule has 0 heterocycles. The molecule has 78 valence electrons. The van der Waals surface area contributed by atoms with E-state index in [1.165, 1.54) is 0 Å². The predicted molar refractivity (Wildman–Crippen MR) is 56.6 cm³/mol. The Morgan fingerprint density at radius 1 is 1.50 bits per heavy atom. The summed E-state index contributed by atoms with van der Waals surface area (Å²) >= 11 is 5.95. The van der Waals surface area contributed by atoms with Crippen LogP contribution in [-0.2, 0) is 6.54 Å². The Morgan fingerprint density at radius 3 is 2.71 bits per heavy atom. The summed E-state index contributed by atoms with van der Waals surface area (Å²) in [7, 11) is 3.42. The molecule has 0 fully saturated rings. The molecule has 0 amide bonds. The predicted octanol–water partition coefficient (Wildman–Crippen LogP) is 1.73. The van der Waals surface area contributed by atoms with E-state index in [0.29, 0.717) is 17.3 Å². The van der Waals surface area contributed by atoms with Gasteiger partial charge in [0.05, 0.1) is 18.9 Å². The first-order valence-corrected chi connectivity index (χ1v) is 4.67. The number of hydrogen-bond acceptors (Lipinski definition) is 3. The second-order valence-electron chi connectivity index (χ2n) is 3.12. The van der Waals surface area contributed by atoms with E-state index in [9.17, 15) is 0 Å². The number of aliphatic hydroxyl groups excluding tert-OH is 1. The summed E-state index contributed by atoms with van der Waals surface area (Å²) in [4.78, 5) is 1.78. The lowest BCUT2D eigenvalue weighted by Crippen LogP contribution is -2.18. The lowest BCUT2D eigenvalue weighted by atomic mass is 10.2. The summed E-state index contributed by atoms with van der Waals surface area (Å²) in [5.74, 6) is 0.669. The molecule has 0 bridgehead atoms. The first-order valence-electron chi connectivity index (χ1n) is 4.29. The Balaban J connectivity index is 2.76. The van der Waals surface area contributed by atoms with E-state index in [-0.39, 0.29) is 6.73 Å². The van der Waals surface area contributed by atoms with Crippen molar-refractivity contribution in [1.82, 2.24) is 4.90 Å². The highest BCUT2D eigenvalue weighted by Gasteiger charge is 2.03. The van der Waals surface area contributed by atoms with Crippen molar-refractivity contribution in [2.24, 2.45) is 0 Å². The third kappa shape index (κ3) is 2.87. The van der Waals surface area contributed by atoms with E-state index in [1.54, 1.807) is 12.0 Å². The van der Waals surface area contributed by atoms with Crippen LogP contribution in [0.1, 0.15) is 5.56 Å². The molecule has 0 aliphatic heterocycles. The molecular formula is C10H14ClNO2. The Labute approximate surface area is 88.9 Å². The second-order valence-corrected chi connectivity index (χ2v) is 3.53. The zero-order chi connectivity index (χ0) is 10.6. The molecule has 0 spiro atoms. The monoisotopic (exact) mass is 215 g/mol. The number of benzene rings is 1. The number of methoxy groups -OCH3 is 1. The van der Waals surface area contributed by atoms with Crippen LogP contribution in [0.3, 0.4) is 0 Å². The van der Waals surface area contributed by atoms with Gasteiger partial charge < -0.3 is 9.84 Å². The largest absolute Gasteiger partial charge is 0.495 e. The fourth-order valence-corrected chi connectivity index (χ4v) is 1.45. The average Bonchev–Trinajstić information content (AvgIpc) is 2.18. The number of nitrogens with zero attached hydrogens (tertiary/aromatic N) is 1. The lowest BCUT2D eigenvalue weighted by molar-refractivity contribution is 0.127. The molecule has 0 saturated carbocycles. The normalized spacial score (nSPS) is 10.6. The Morgan fingerprint density at radius 2 is 2.21 bits per heavy atom. The summed E-state index contributed by atoms with van der Waals surface area (Å²) in [6, 6.07) is 5.59. The van der Waals surface area contributed by atoms with E-state index in [0.717, 1.165) is 5.56 Å². The summed E-state index contributed by atoms with van der Waals surface area (Å²) in [5, 5.41) is 9.43. The Kier molecular flexibility index (Phi) is 4.20. The van der Waals surface area contributed by atoms with Gasteiger partial charge in [-0.05, 0) is 24.7 Å². The summed E-state index contributed by atoms with van der Waals surface area (Å²) in [6.45, 7) is 0.698. The van der Waals surface area contributed by atoms with Gasteiger partial charge in [-0.25, -0.2) is 0 Å². The summed E-state index contributed by atoms with van der Waals surface area (Å²) < 4.78 is 5.04. The Hall–Kier alpha value is -0.770. The molecule has 0 aromatic heterocycles. The highest BCUT2D eigenvalue weighted by Crippen LogP contribution is 2.25. The van der Waals surface area contributed by atoms with Crippen LogP contribution >= 0.6 is 11.6 Å². The van der Waals surface area contributed by atoms with Crippen LogP contribution in [0.15, 0.2) is 18.2 Å². The molecule has 0 aliphatic carbocycles. The molecule has 0 saturated heterocycles. The van der Waals surface area contributed by atoms with Crippen LogP contribution in [-0.4, -0.2) is 30.9 Å². The molecular weight excluding hydrogens is 202 g/mol. The quantitative estimate of drug-likeness (QED) is 0.777. The average molecular weight is 216 g/mol. The number of aliphatic hydroxyl groups is 1. The standard InChI is InChI=1S/C10H14ClNO2/c1-12(7-13)6-8-3-4-10(14-2)9(11)5-8/h3-5,13H,6-7H2,1-2H3. The number of hydrogen-bond donors (Lipinski definition) is 1. The third-order valence-electron chi connectivity index (χ3n) is 1.91. The van der Waals surface area contributed by atoms with Crippen LogP contribution in [0.2, 0.25) is 5.02 Å². The molecule has 1 N–H and O–H groups in total. The zero-order valence-electron chi connectivity index (χ0n) is 8.33. The van der Waals surface area contributed by atoms with Crippen molar-refractivity contribution in [1.29, 1.82) is 0 Å². The van der Waals surface area contributed by atoms with Gasteiger partial charge in [0, 0.05) is 6.54 Å². The molecule has 0 atom stereocenters. The summed E-state index contributed by atoms with van der Waals surface area (Å²) in [6.07, 6.45) is 0.